The number of para-hydroxylation sites is 1. The van der Waals surface area contributed by atoms with Crippen LogP contribution in [0.15, 0.2) is 42.9 Å². The second-order valence-electron chi connectivity index (χ2n) is 6.94. The first-order valence-corrected chi connectivity index (χ1v) is 9.22. The van der Waals surface area contributed by atoms with Crippen LogP contribution in [0.4, 0.5) is 0 Å². The van der Waals surface area contributed by atoms with Gasteiger partial charge >= 0.3 is 0 Å². The van der Waals surface area contributed by atoms with Gasteiger partial charge in [-0.1, -0.05) is 18.2 Å². The van der Waals surface area contributed by atoms with Crippen LogP contribution in [-0.2, 0) is 4.74 Å². The first kappa shape index (κ1) is 16.3. The van der Waals surface area contributed by atoms with E-state index in [2.05, 4.69) is 19.9 Å². The minimum atomic E-state index is -0.171. The first-order chi connectivity index (χ1) is 13.3. The lowest BCUT2D eigenvalue weighted by Gasteiger charge is -2.23. The molecule has 1 fully saturated rings. The summed E-state index contributed by atoms with van der Waals surface area (Å²) in [5, 5.41) is 3.03. The van der Waals surface area contributed by atoms with Gasteiger partial charge in [0.25, 0.3) is 5.91 Å². The van der Waals surface area contributed by atoms with Crippen molar-refractivity contribution in [2.45, 2.75) is 24.9 Å². The van der Waals surface area contributed by atoms with Crippen LogP contribution in [0.5, 0.6) is 5.75 Å². The molecular weight excluding hydrogens is 344 g/mol. The molecule has 5 rings (SSSR count). The van der Waals surface area contributed by atoms with E-state index < -0.39 is 0 Å². The quantitative estimate of drug-likeness (QED) is 0.773. The maximum absolute atomic E-state index is 12.7. The van der Waals surface area contributed by atoms with E-state index in [1.807, 2.05) is 30.6 Å². The maximum atomic E-state index is 12.7. The van der Waals surface area contributed by atoms with Gasteiger partial charge in [0.15, 0.2) is 5.65 Å². The number of hydrogen-bond donors (Lipinski definition) is 1. The highest BCUT2D eigenvalue weighted by Gasteiger charge is 2.26. The van der Waals surface area contributed by atoms with Gasteiger partial charge in [-0.25, -0.2) is 9.97 Å². The predicted octanol–water partition coefficient (Wildman–Crippen LogP) is 2.65. The van der Waals surface area contributed by atoms with Crippen LogP contribution < -0.4 is 10.1 Å². The molecule has 138 valence electrons. The number of carbonyl (C=O) groups excluding carboxylic acids is 1. The number of nitrogens with one attached hydrogen (secondary N) is 1. The predicted molar refractivity (Wildman–Crippen MR) is 98.8 cm³/mol. The van der Waals surface area contributed by atoms with Gasteiger partial charge in [0.2, 0.25) is 0 Å². The molecule has 1 amide bonds. The molecule has 0 radical (unpaired) electrons. The molecule has 0 spiro atoms. The number of amides is 1. The van der Waals surface area contributed by atoms with Gasteiger partial charge in [-0.3, -0.25) is 4.79 Å². The van der Waals surface area contributed by atoms with Crippen molar-refractivity contribution in [2.24, 2.45) is 0 Å². The Morgan fingerprint density at radius 3 is 2.93 bits per heavy atom. The van der Waals surface area contributed by atoms with Crippen molar-refractivity contribution in [2.75, 3.05) is 19.8 Å². The molecule has 2 aliphatic rings. The standard InChI is InChI=1S/C20H20N4O3/c25-20(23-17-11-27-18-4-2-1-3-15(17)18)13-9-16-19(21-10-13)24(12-22-16)14-5-7-26-8-6-14/h1-4,9-10,12,14,17H,5-8,11H2,(H,23,25). The van der Waals surface area contributed by atoms with E-state index in [1.165, 1.54) is 0 Å². The molecule has 0 bridgehead atoms. The van der Waals surface area contributed by atoms with E-state index >= 15 is 0 Å². The summed E-state index contributed by atoms with van der Waals surface area (Å²) in [5.41, 5.74) is 3.05. The van der Waals surface area contributed by atoms with Crippen LogP contribution in [-0.4, -0.2) is 40.3 Å². The maximum Gasteiger partial charge on any atom is 0.253 e. The summed E-state index contributed by atoms with van der Waals surface area (Å²) >= 11 is 0. The van der Waals surface area contributed by atoms with Gasteiger partial charge in [-0.2, -0.15) is 0 Å². The lowest BCUT2D eigenvalue weighted by atomic mass is 10.1. The molecule has 1 unspecified atom stereocenters. The van der Waals surface area contributed by atoms with Crippen LogP contribution in [0, 0.1) is 0 Å². The van der Waals surface area contributed by atoms with E-state index in [0.717, 1.165) is 48.5 Å². The molecule has 0 saturated carbocycles. The molecule has 1 N–H and O–H groups in total. The summed E-state index contributed by atoms with van der Waals surface area (Å²) < 4.78 is 13.2. The summed E-state index contributed by atoms with van der Waals surface area (Å²) in [6.07, 6.45) is 5.35. The van der Waals surface area contributed by atoms with Crippen molar-refractivity contribution in [3.8, 4) is 5.75 Å². The van der Waals surface area contributed by atoms with Crippen molar-refractivity contribution < 1.29 is 14.3 Å². The fraction of sp³-hybridized carbons (Fsp3) is 0.350. The van der Waals surface area contributed by atoms with E-state index in [0.29, 0.717) is 18.2 Å². The third kappa shape index (κ3) is 2.94. The fourth-order valence-corrected chi connectivity index (χ4v) is 3.80. The summed E-state index contributed by atoms with van der Waals surface area (Å²) in [4.78, 5) is 21.7. The molecular formula is C20H20N4O3. The number of aromatic nitrogens is 3. The second-order valence-corrected chi connectivity index (χ2v) is 6.94. The lowest BCUT2D eigenvalue weighted by Crippen LogP contribution is -2.29. The van der Waals surface area contributed by atoms with Crippen LogP contribution >= 0.6 is 0 Å². The molecule has 0 aliphatic carbocycles. The van der Waals surface area contributed by atoms with Crippen LogP contribution in [0.25, 0.3) is 11.2 Å². The number of rotatable bonds is 3. The zero-order valence-corrected chi connectivity index (χ0v) is 14.8. The van der Waals surface area contributed by atoms with Crippen molar-refractivity contribution in [3.63, 3.8) is 0 Å². The largest absolute Gasteiger partial charge is 0.491 e. The zero-order chi connectivity index (χ0) is 18.2. The topological polar surface area (TPSA) is 78.3 Å². The number of nitrogens with zero attached hydrogens (tertiary/aromatic N) is 3. The van der Waals surface area contributed by atoms with Gasteiger partial charge in [-0.05, 0) is 25.0 Å². The van der Waals surface area contributed by atoms with E-state index in [9.17, 15) is 4.79 Å². The van der Waals surface area contributed by atoms with Gasteiger partial charge in [0.05, 0.1) is 17.9 Å². The number of imidazole rings is 1. The summed E-state index contributed by atoms with van der Waals surface area (Å²) in [7, 11) is 0. The van der Waals surface area contributed by atoms with Crippen LogP contribution in [0.2, 0.25) is 0 Å². The molecule has 2 aromatic heterocycles. The highest BCUT2D eigenvalue weighted by molar-refractivity contribution is 5.96. The zero-order valence-electron chi connectivity index (χ0n) is 14.8. The first-order valence-electron chi connectivity index (χ1n) is 9.22. The van der Waals surface area contributed by atoms with Crippen LogP contribution in [0.1, 0.15) is 40.8 Å². The number of pyridine rings is 1. The monoisotopic (exact) mass is 364 g/mol. The van der Waals surface area contributed by atoms with Crippen molar-refractivity contribution >= 4 is 17.1 Å². The normalized spacial score (nSPS) is 19.6. The Morgan fingerprint density at radius 2 is 2.04 bits per heavy atom. The minimum absolute atomic E-state index is 0.149. The third-order valence-electron chi connectivity index (χ3n) is 5.26. The Hall–Kier alpha value is -2.93. The average Bonchev–Trinajstić information content (AvgIpc) is 3.32. The van der Waals surface area contributed by atoms with Gasteiger partial charge in [0, 0.05) is 31.0 Å². The number of fused-ring (bicyclic) bond motifs is 2. The Morgan fingerprint density at radius 1 is 1.19 bits per heavy atom. The molecule has 7 heteroatoms. The molecule has 1 aromatic carbocycles. The molecule has 7 nitrogen and oxygen atoms in total. The van der Waals surface area contributed by atoms with Crippen molar-refractivity contribution in [1.82, 2.24) is 19.9 Å². The number of hydrogen-bond acceptors (Lipinski definition) is 5. The molecule has 4 heterocycles. The summed E-state index contributed by atoms with van der Waals surface area (Å²) in [6, 6.07) is 9.77. The van der Waals surface area contributed by atoms with Crippen molar-refractivity contribution in [3.05, 3.63) is 54.0 Å². The molecule has 1 atom stereocenters. The van der Waals surface area contributed by atoms with Gasteiger partial charge < -0.3 is 19.4 Å². The minimum Gasteiger partial charge on any atom is -0.491 e. The second kappa shape index (κ2) is 6.66. The Balaban J connectivity index is 1.37. The van der Waals surface area contributed by atoms with Gasteiger partial charge in [0.1, 0.15) is 17.9 Å². The highest BCUT2D eigenvalue weighted by Crippen LogP contribution is 2.32. The van der Waals surface area contributed by atoms with Crippen LogP contribution in [0.3, 0.4) is 0 Å². The van der Waals surface area contributed by atoms with Gasteiger partial charge in [-0.15, -0.1) is 0 Å². The average molecular weight is 364 g/mol. The van der Waals surface area contributed by atoms with E-state index in [4.69, 9.17) is 9.47 Å². The SMILES string of the molecule is O=C(NC1COc2ccccc21)c1cnc2c(c1)ncn2C1CCOCC1. The highest BCUT2D eigenvalue weighted by atomic mass is 16.5. The Kier molecular flexibility index (Phi) is 4.01. The molecule has 2 aliphatic heterocycles. The van der Waals surface area contributed by atoms with Crippen molar-refractivity contribution in [1.29, 1.82) is 0 Å². The summed E-state index contributed by atoms with van der Waals surface area (Å²) in [5.74, 6) is 0.655. The lowest BCUT2D eigenvalue weighted by molar-refractivity contribution is 0.0704. The number of benzene rings is 1. The number of carbonyl (C=O) groups is 1. The molecule has 3 aromatic rings. The molecule has 1 saturated heterocycles. The summed E-state index contributed by atoms with van der Waals surface area (Å²) in [6.45, 7) is 1.96. The van der Waals surface area contributed by atoms with E-state index in [-0.39, 0.29) is 11.9 Å². The fourth-order valence-electron chi connectivity index (χ4n) is 3.80. The van der Waals surface area contributed by atoms with E-state index in [1.54, 1.807) is 12.3 Å². The number of ether oxygens (including phenoxy) is 2. The molecule has 27 heavy (non-hydrogen) atoms. The Bertz CT molecular complexity index is 994. The smallest absolute Gasteiger partial charge is 0.253 e. The Labute approximate surface area is 156 Å². The third-order valence-corrected chi connectivity index (χ3v) is 5.26.